The number of nitrogens with one attached hydrogen (secondary N) is 1. The van der Waals surface area contributed by atoms with Crippen LogP contribution >= 0.6 is 46.4 Å². The number of carbonyl (C=O) groups excluding carboxylic acids is 1. The molecule has 0 aromatic heterocycles. The maximum atomic E-state index is 12.5. The highest BCUT2D eigenvalue weighted by Crippen LogP contribution is 2.41. The largest absolute Gasteiger partial charge is 0.322 e. The lowest BCUT2D eigenvalue weighted by atomic mass is 10.1. The van der Waals surface area contributed by atoms with E-state index in [1.165, 1.54) is 17.2 Å². The molecule has 3 nitrogen and oxygen atoms in total. The Morgan fingerprint density at radius 2 is 1.80 bits per heavy atom. The molecule has 0 bridgehead atoms. The first-order valence-electron chi connectivity index (χ1n) is 7.79. The summed E-state index contributed by atoms with van der Waals surface area (Å²) in [6.07, 6.45) is 2.02. The van der Waals surface area contributed by atoms with E-state index >= 15 is 0 Å². The third kappa shape index (κ3) is 3.91. The molecular formula is C18H16Cl4N2O. The molecule has 1 N–H and O–H groups in total. The van der Waals surface area contributed by atoms with Crippen molar-refractivity contribution in [2.24, 2.45) is 0 Å². The zero-order valence-electron chi connectivity index (χ0n) is 13.5. The number of halogens is 4. The topological polar surface area (TPSA) is 32.3 Å². The van der Waals surface area contributed by atoms with Gasteiger partial charge in [-0.25, -0.2) is 0 Å². The van der Waals surface area contributed by atoms with Crippen LogP contribution in [0.2, 0.25) is 20.1 Å². The van der Waals surface area contributed by atoms with Gasteiger partial charge in [-0.05, 0) is 37.1 Å². The van der Waals surface area contributed by atoms with Gasteiger partial charge in [-0.2, -0.15) is 0 Å². The van der Waals surface area contributed by atoms with Gasteiger partial charge >= 0.3 is 0 Å². The molecule has 0 unspecified atom stereocenters. The number of nitrogens with zero attached hydrogens (tertiary/aromatic N) is 1. The lowest BCUT2D eigenvalue weighted by Gasteiger charge is -2.25. The average molecular weight is 418 g/mol. The Morgan fingerprint density at radius 3 is 2.48 bits per heavy atom. The maximum absolute atomic E-state index is 12.5. The van der Waals surface area contributed by atoms with Crippen LogP contribution in [0.1, 0.15) is 23.6 Å². The van der Waals surface area contributed by atoms with Crippen LogP contribution in [0.3, 0.4) is 0 Å². The van der Waals surface area contributed by atoms with Gasteiger partial charge in [-0.1, -0.05) is 70.7 Å². The van der Waals surface area contributed by atoms with E-state index in [9.17, 15) is 4.79 Å². The molecule has 0 aliphatic heterocycles. The van der Waals surface area contributed by atoms with E-state index in [1.807, 2.05) is 24.1 Å². The van der Waals surface area contributed by atoms with Crippen LogP contribution in [0.25, 0.3) is 0 Å². The highest BCUT2D eigenvalue weighted by atomic mass is 35.5. The second-order valence-electron chi connectivity index (χ2n) is 6.06. The molecule has 2 aromatic rings. The molecule has 1 aliphatic rings. The monoisotopic (exact) mass is 416 g/mol. The molecular weight excluding hydrogens is 402 g/mol. The molecule has 0 spiro atoms. The molecule has 0 saturated carbocycles. The van der Waals surface area contributed by atoms with Gasteiger partial charge in [0, 0.05) is 6.04 Å². The first-order valence-corrected chi connectivity index (χ1v) is 9.30. The Kier molecular flexibility index (Phi) is 5.81. The molecule has 0 fully saturated rings. The fourth-order valence-corrected chi connectivity index (χ4v) is 4.10. The van der Waals surface area contributed by atoms with Gasteiger partial charge in [0.25, 0.3) is 0 Å². The second-order valence-corrected chi connectivity index (χ2v) is 7.63. The summed E-state index contributed by atoms with van der Waals surface area (Å²) < 4.78 is 0. The van der Waals surface area contributed by atoms with Crippen molar-refractivity contribution in [1.29, 1.82) is 0 Å². The van der Waals surface area contributed by atoms with Crippen LogP contribution in [0.15, 0.2) is 30.3 Å². The molecule has 0 saturated heterocycles. The van der Waals surface area contributed by atoms with Crippen LogP contribution < -0.4 is 5.32 Å². The first kappa shape index (κ1) is 18.8. The third-order valence-corrected chi connectivity index (χ3v) is 5.98. The lowest BCUT2D eigenvalue weighted by molar-refractivity contribution is -0.117. The summed E-state index contributed by atoms with van der Waals surface area (Å²) in [5, 5.41) is 3.56. The smallest absolute Gasteiger partial charge is 0.238 e. The van der Waals surface area contributed by atoms with Crippen molar-refractivity contribution >= 4 is 58.0 Å². The number of hydrogen-bond acceptors (Lipinski definition) is 2. The molecule has 25 heavy (non-hydrogen) atoms. The van der Waals surface area contributed by atoms with Gasteiger partial charge in [0.15, 0.2) is 0 Å². The lowest BCUT2D eigenvalue weighted by Crippen LogP contribution is -2.32. The van der Waals surface area contributed by atoms with Crippen molar-refractivity contribution in [1.82, 2.24) is 4.90 Å². The molecule has 0 heterocycles. The number of aryl methyl sites for hydroxylation is 1. The Balaban J connectivity index is 1.72. The van der Waals surface area contributed by atoms with E-state index in [0.717, 1.165) is 12.8 Å². The summed E-state index contributed by atoms with van der Waals surface area (Å²) in [4.78, 5) is 14.5. The van der Waals surface area contributed by atoms with Crippen LogP contribution in [-0.2, 0) is 11.2 Å². The van der Waals surface area contributed by atoms with E-state index in [2.05, 4.69) is 17.4 Å². The Morgan fingerprint density at radius 1 is 1.16 bits per heavy atom. The van der Waals surface area contributed by atoms with Gasteiger partial charge in [-0.3, -0.25) is 9.69 Å². The van der Waals surface area contributed by atoms with Crippen LogP contribution in [0.4, 0.5) is 5.69 Å². The van der Waals surface area contributed by atoms with Crippen molar-refractivity contribution in [3.05, 3.63) is 61.5 Å². The standard InChI is InChI=1S/C18H16Cl4N2O/c1-24(14-7-6-10-4-2-3-5-11(10)14)9-15(25)23-18-16(21)12(19)8-13(20)17(18)22/h2-5,8,14H,6-7,9H2,1H3,(H,23,25)/t14-/m0/s1. The fraction of sp³-hybridized carbons (Fsp3) is 0.278. The Bertz CT molecular complexity index is 799. The predicted octanol–water partition coefficient (Wildman–Crippen LogP) is 5.86. The zero-order chi connectivity index (χ0) is 18.1. The van der Waals surface area contributed by atoms with E-state index < -0.39 is 0 Å². The molecule has 3 rings (SSSR count). The third-order valence-electron chi connectivity index (χ3n) is 4.40. The minimum Gasteiger partial charge on any atom is -0.322 e. The highest BCUT2D eigenvalue weighted by molar-refractivity contribution is 6.50. The van der Waals surface area contributed by atoms with Crippen molar-refractivity contribution < 1.29 is 4.79 Å². The van der Waals surface area contributed by atoms with E-state index in [0.29, 0.717) is 0 Å². The van der Waals surface area contributed by atoms with Crippen LogP contribution in [0, 0.1) is 0 Å². The molecule has 0 radical (unpaired) electrons. The number of fused-ring (bicyclic) bond motifs is 1. The normalized spacial score (nSPS) is 16.2. The van der Waals surface area contributed by atoms with Crippen molar-refractivity contribution in [2.75, 3.05) is 18.9 Å². The number of rotatable bonds is 4. The van der Waals surface area contributed by atoms with Crippen LogP contribution in [-0.4, -0.2) is 24.4 Å². The van der Waals surface area contributed by atoms with Crippen molar-refractivity contribution in [2.45, 2.75) is 18.9 Å². The maximum Gasteiger partial charge on any atom is 0.238 e. The summed E-state index contributed by atoms with van der Waals surface area (Å²) in [7, 11) is 1.93. The summed E-state index contributed by atoms with van der Waals surface area (Å²) in [5.41, 5.74) is 2.86. The van der Waals surface area contributed by atoms with Gasteiger partial charge in [0.1, 0.15) is 0 Å². The molecule has 1 amide bonds. The van der Waals surface area contributed by atoms with Crippen molar-refractivity contribution in [3.63, 3.8) is 0 Å². The van der Waals surface area contributed by atoms with E-state index in [-0.39, 0.29) is 44.3 Å². The number of benzene rings is 2. The summed E-state index contributed by atoms with van der Waals surface area (Å²) in [6.45, 7) is 0.204. The Hall–Kier alpha value is -0.970. The molecule has 1 atom stereocenters. The van der Waals surface area contributed by atoms with Gasteiger partial charge < -0.3 is 5.32 Å². The number of carbonyl (C=O) groups is 1. The zero-order valence-corrected chi connectivity index (χ0v) is 16.5. The summed E-state index contributed by atoms with van der Waals surface area (Å²) in [6, 6.07) is 9.99. The second kappa shape index (κ2) is 7.73. The molecule has 1 aliphatic carbocycles. The van der Waals surface area contributed by atoms with Gasteiger partial charge in [0.2, 0.25) is 5.91 Å². The Labute approximate surface area is 166 Å². The quantitative estimate of drug-likeness (QED) is 0.632. The minimum absolute atomic E-state index is 0.179. The minimum atomic E-state index is -0.228. The summed E-state index contributed by atoms with van der Waals surface area (Å²) >= 11 is 24.3. The average Bonchev–Trinajstić information content (AvgIpc) is 3.01. The number of amides is 1. The fourth-order valence-electron chi connectivity index (χ4n) is 3.19. The first-order chi connectivity index (χ1) is 11.9. The van der Waals surface area contributed by atoms with Crippen LogP contribution in [0.5, 0.6) is 0 Å². The summed E-state index contributed by atoms with van der Waals surface area (Å²) in [5.74, 6) is -0.228. The number of anilines is 1. The molecule has 132 valence electrons. The predicted molar refractivity (Wildman–Crippen MR) is 105 cm³/mol. The number of hydrogen-bond donors (Lipinski definition) is 1. The van der Waals surface area contributed by atoms with Gasteiger partial charge in [0.05, 0.1) is 32.3 Å². The van der Waals surface area contributed by atoms with E-state index in [4.69, 9.17) is 46.4 Å². The van der Waals surface area contributed by atoms with Gasteiger partial charge in [-0.15, -0.1) is 0 Å². The molecule has 2 aromatic carbocycles. The van der Waals surface area contributed by atoms with Crippen molar-refractivity contribution in [3.8, 4) is 0 Å². The van der Waals surface area contributed by atoms with E-state index in [1.54, 1.807) is 0 Å². The number of likely N-dealkylation sites (N-methyl/N-ethyl adjacent to an activating group) is 1. The SMILES string of the molecule is CN(CC(=O)Nc1c(Cl)c(Cl)cc(Cl)c1Cl)[C@H]1CCc2ccccc21. The molecule has 7 heteroatoms. The highest BCUT2D eigenvalue weighted by Gasteiger charge is 2.27.